The van der Waals surface area contributed by atoms with Crippen molar-refractivity contribution in [3.05, 3.63) is 0 Å². The van der Waals surface area contributed by atoms with Gasteiger partial charge in [0.1, 0.15) is 116 Å². The Kier molecular flexibility index (Phi) is 20.7. The summed E-state index contributed by atoms with van der Waals surface area (Å²) >= 11 is 0. The summed E-state index contributed by atoms with van der Waals surface area (Å²) in [6, 6.07) is -5.02. The minimum Gasteiger partial charge on any atom is -0.477 e. The summed E-state index contributed by atoms with van der Waals surface area (Å²) in [5.41, 5.74) is 0. The normalized spacial score (nSPS) is 45.0. The number of hydrogen-bond acceptors (Lipinski definition) is 28. The van der Waals surface area contributed by atoms with Crippen LogP contribution in [0, 0.1) is 0 Å². The van der Waals surface area contributed by atoms with Gasteiger partial charge in [-0.2, -0.15) is 0 Å². The molecule has 71 heavy (non-hydrogen) atoms. The van der Waals surface area contributed by atoms with Crippen molar-refractivity contribution in [1.82, 2.24) is 16.0 Å². The number of aliphatic hydroxyl groups excluding tert-OH is 15. The van der Waals surface area contributed by atoms with Crippen LogP contribution < -0.4 is 16.0 Å². The van der Waals surface area contributed by atoms with Crippen molar-refractivity contribution in [3.63, 3.8) is 0 Å². The smallest absolute Gasteiger partial charge is 0.364 e. The Morgan fingerprint density at radius 1 is 0.549 bits per heavy atom. The van der Waals surface area contributed by atoms with Gasteiger partial charge in [-0.05, 0) is 0 Å². The molecule has 0 bridgehead atoms. The topological polar surface area (TPSA) is 511 Å². The van der Waals surface area contributed by atoms with Crippen LogP contribution in [-0.2, 0) is 61.8 Å². The molecule has 5 aliphatic rings. The van der Waals surface area contributed by atoms with Crippen molar-refractivity contribution in [2.24, 2.45) is 0 Å². The molecule has 3 amide bonds. The maximum absolute atomic E-state index is 13.0. The van der Waals surface area contributed by atoms with Gasteiger partial charge in [0.25, 0.3) is 5.79 Å². The van der Waals surface area contributed by atoms with E-state index in [9.17, 15) is 101 Å². The first kappa shape index (κ1) is 58.8. The van der Waals surface area contributed by atoms with Gasteiger partial charge < -0.3 is 140 Å². The second kappa shape index (κ2) is 25.0. The number of aliphatic hydroxyl groups is 15. The first-order valence-corrected chi connectivity index (χ1v) is 22.2. The number of hydrogen-bond donors (Lipinski definition) is 19. The third-order valence-corrected chi connectivity index (χ3v) is 12.5. The number of aliphatic carboxylic acids is 1. The average molecular weight is 1040 g/mol. The number of rotatable bonds is 19. The summed E-state index contributed by atoms with van der Waals surface area (Å²) < 4.78 is 51.1. The molecule has 5 fully saturated rings. The van der Waals surface area contributed by atoms with E-state index in [1.807, 2.05) is 0 Å². The Bertz CT molecular complexity index is 1780. The first-order chi connectivity index (χ1) is 33.4. The lowest BCUT2D eigenvalue weighted by Crippen LogP contribution is -2.71. The van der Waals surface area contributed by atoms with Crippen LogP contribution in [0.3, 0.4) is 0 Å². The largest absolute Gasteiger partial charge is 0.477 e. The summed E-state index contributed by atoms with van der Waals surface area (Å²) in [6.45, 7) is -2.19. The van der Waals surface area contributed by atoms with Crippen LogP contribution in [0.15, 0.2) is 0 Å². The van der Waals surface area contributed by atoms with E-state index in [-0.39, 0.29) is 0 Å². The third-order valence-electron chi connectivity index (χ3n) is 12.5. The number of carboxylic acids is 1. The molecule has 5 rings (SSSR count). The summed E-state index contributed by atoms with van der Waals surface area (Å²) in [7, 11) is 0. The minimum atomic E-state index is -3.17. The van der Waals surface area contributed by atoms with Gasteiger partial charge in [0.05, 0.1) is 45.2 Å². The van der Waals surface area contributed by atoms with Gasteiger partial charge >= 0.3 is 5.97 Å². The van der Waals surface area contributed by atoms with E-state index >= 15 is 0 Å². The van der Waals surface area contributed by atoms with E-state index < -0.39 is 222 Å². The Balaban J connectivity index is 1.40. The zero-order valence-electron chi connectivity index (χ0n) is 38.1. The highest BCUT2D eigenvalue weighted by Crippen LogP contribution is 2.39. The number of nitrogens with one attached hydrogen (secondary N) is 3. The standard InChI is InChI=1S/C39H65N3O29/c1-10(48)40-19-13(51)4-39(38(61)62,70-31(19)22(53)14(52)5-43)71-33-24(55)16(7-45)65-37(28(33)59)68-30-18(9-47)66-35(21(26(30)57)42-12(3)50)69-32-23(54)15(6-44)64-36(27(32)58)67-29-17(8-46)63-34(60)20(25(29)56)41-11(2)49/h13-37,43-47,51-60H,4-9H2,1-3H3,(H,40,48)(H,41,49)(H,42,50)(H,61,62)/t13-,14+,15+,16+,17+,18+,19+,20+,21+,22+,23-,24-,25+,26+,27+,28+,29+,30+,31+,32-,33-,34?,35-,36-,37-,39-/m0/s1. The van der Waals surface area contributed by atoms with Crippen LogP contribution in [0.4, 0.5) is 0 Å². The van der Waals surface area contributed by atoms with Gasteiger partial charge in [-0.1, -0.05) is 0 Å². The summed E-state index contributed by atoms with van der Waals surface area (Å²) in [6.07, 6.45) is -44.9. The molecule has 32 nitrogen and oxygen atoms in total. The van der Waals surface area contributed by atoms with Crippen molar-refractivity contribution in [1.29, 1.82) is 0 Å². The molecule has 0 radical (unpaired) electrons. The van der Waals surface area contributed by atoms with Crippen molar-refractivity contribution in [3.8, 4) is 0 Å². The summed E-state index contributed by atoms with van der Waals surface area (Å²) in [4.78, 5) is 49.3. The highest BCUT2D eigenvalue weighted by molar-refractivity contribution is 5.77. The molecule has 0 aromatic rings. The molecule has 0 aromatic heterocycles. The lowest BCUT2D eigenvalue weighted by Gasteiger charge is -2.51. The molecular formula is C39H65N3O29. The van der Waals surface area contributed by atoms with E-state index in [0.29, 0.717) is 0 Å². The molecule has 0 aliphatic carbocycles. The number of carboxylic acid groups (broad SMARTS) is 1. The first-order valence-electron chi connectivity index (χ1n) is 22.2. The zero-order valence-corrected chi connectivity index (χ0v) is 38.1. The van der Waals surface area contributed by atoms with Crippen molar-refractivity contribution >= 4 is 23.7 Å². The second-order valence-corrected chi connectivity index (χ2v) is 17.6. The maximum Gasteiger partial charge on any atom is 0.364 e. The molecule has 19 N–H and O–H groups in total. The minimum absolute atomic E-state index is 0.719. The Labute approximate surface area is 402 Å². The molecule has 0 spiro atoms. The molecule has 5 saturated heterocycles. The van der Waals surface area contributed by atoms with Crippen LogP contribution in [-0.4, -0.2) is 297 Å². The molecular weight excluding hydrogens is 974 g/mol. The van der Waals surface area contributed by atoms with Crippen LogP contribution >= 0.6 is 0 Å². The van der Waals surface area contributed by atoms with Gasteiger partial charge in [0, 0.05) is 27.2 Å². The molecule has 5 heterocycles. The summed E-state index contributed by atoms with van der Waals surface area (Å²) in [5, 5.41) is 179. The molecule has 0 saturated carbocycles. The van der Waals surface area contributed by atoms with Gasteiger partial charge in [0.15, 0.2) is 25.2 Å². The van der Waals surface area contributed by atoms with Crippen LogP contribution in [0.25, 0.3) is 0 Å². The molecule has 410 valence electrons. The highest BCUT2D eigenvalue weighted by atomic mass is 16.8. The van der Waals surface area contributed by atoms with Crippen LogP contribution in [0.2, 0.25) is 0 Å². The third kappa shape index (κ3) is 12.9. The van der Waals surface area contributed by atoms with Gasteiger partial charge in [0.2, 0.25) is 17.7 Å². The SMILES string of the molecule is CC(=O)N[C@H]1[C@H](O[C@H]2[C@@H](O)[C@@H](CO)O[C@@H](O[C@H]3[C@H](O)[C@@H](NC(C)=O)C(O)O[C@@H]3CO)[C@@H]2O)O[C@H](CO)[C@@H](O[C@@H]2O[C@H](CO)[C@H](O)[C@H](O[C@]3(C(=O)O)C[C@H](O)[C@@H](NC(C)=O)[C@H]([C@H](O)[C@H](O)CO)O3)[C@H]2O)[C@@H]1O. The van der Waals surface area contributed by atoms with Gasteiger partial charge in [-0.25, -0.2) is 4.79 Å². The lowest BCUT2D eigenvalue weighted by molar-refractivity contribution is -0.389. The molecule has 5 aliphatic heterocycles. The zero-order chi connectivity index (χ0) is 53.0. The maximum atomic E-state index is 13.0. The molecule has 1 unspecified atom stereocenters. The quantitative estimate of drug-likeness (QED) is 0.0571. The van der Waals surface area contributed by atoms with E-state index in [2.05, 4.69) is 16.0 Å². The van der Waals surface area contributed by atoms with Crippen LogP contribution in [0.1, 0.15) is 27.2 Å². The molecule has 32 heteroatoms. The predicted octanol–water partition coefficient (Wildman–Crippen LogP) is -12.3. The van der Waals surface area contributed by atoms with E-state index in [0.717, 1.165) is 20.8 Å². The molecule has 26 atom stereocenters. The van der Waals surface area contributed by atoms with Crippen LogP contribution in [0.5, 0.6) is 0 Å². The van der Waals surface area contributed by atoms with E-state index in [4.69, 9.17) is 42.6 Å². The van der Waals surface area contributed by atoms with E-state index in [1.165, 1.54) is 0 Å². The monoisotopic (exact) mass is 1040 g/mol. The number of ether oxygens (including phenoxy) is 9. The predicted molar refractivity (Wildman–Crippen MR) is 219 cm³/mol. The van der Waals surface area contributed by atoms with Crippen molar-refractivity contribution in [2.75, 3.05) is 33.0 Å². The second-order valence-electron chi connectivity index (χ2n) is 17.6. The number of carbonyl (C=O) groups excluding carboxylic acids is 3. The Morgan fingerprint density at radius 2 is 0.972 bits per heavy atom. The van der Waals surface area contributed by atoms with E-state index in [1.54, 1.807) is 0 Å². The van der Waals surface area contributed by atoms with Crippen molar-refractivity contribution in [2.45, 2.75) is 186 Å². The van der Waals surface area contributed by atoms with Gasteiger partial charge in [-0.3, -0.25) is 14.4 Å². The number of carbonyl (C=O) groups is 4. The Morgan fingerprint density at radius 3 is 1.45 bits per heavy atom. The fourth-order valence-corrected chi connectivity index (χ4v) is 8.94. The molecule has 0 aromatic carbocycles. The fraction of sp³-hybridized carbons (Fsp3) is 0.897. The fourth-order valence-electron chi connectivity index (χ4n) is 8.94. The Hall–Kier alpha value is -3.08. The average Bonchev–Trinajstić information content (AvgIpc) is 3.31. The summed E-state index contributed by atoms with van der Waals surface area (Å²) in [5.74, 6) is -7.66. The number of amides is 3. The van der Waals surface area contributed by atoms with Gasteiger partial charge in [-0.15, -0.1) is 0 Å². The van der Waals surface area contributed by atoms with Crippen molar-refractivity contribution < 1.29 is 144 Å². The lowest BCUT2D eigenvalue weighted by atomic mass is 9.88. The highest BCUT2D eigenvalue weighted by Gasteiger charge is 2.61.